The van der Waals surface area contributed by atoms with Crippen molar-refractivity contribution < 1.29 is 28.4 Å². The van der Waals surface area contributed by atoms with Crippen LogP contribution in [0.1, 0.15) is 68.8 Å². The highest BCUT2D eigenvalue weighted by molar-refractivity contribution is 6.36. The molecular formula is C30H38FN7O6. The number of ketones is 1. The van der Waals surface area contributed by atoms with Gasteiger partial charge in [0.2, 0.25) is 17.6 Å². The van der Waals surface area contributed by atoms with E-state index in [9.17, 15) is 28.8 Å². The van der Waals surface area contributed by atoms with E-state index < -0.39 is 52.2 Å². The van der Waals surface area contributed by atoms with Crippen molar-refractivity contribution in [3.8, 4) is 0 Å². The Bertz CT molecular complexity index is 1520. The third kappa shape index (κ3) is 6.73. The van der Waals surface area contributed by atoms with E-state index >= 15 is 4.39 Å². The summed E-state index contributed by atoms with van der Waals surface area (Å²) in [5.74, 6) is -2.89. The lowest BCUT2D eigenvalue weighted by Crippen LogP contribution is -2.64. The summed E-state index contributed by atoms with van der Waals surface area (Å²) in [5, 5.41) is 10.5. The van der Waals surface area contributed by atoms with Gasteiger partial charge in [-0.15, -0.1) is 0 Å². The third-order valence-corrected chi connectivity index (χ3v) is 8.91. The van der Waals surface area contributed by atoms with Crippen molar-refractivity contribution in [3.63, 3.8) is 0 Å². The Balaban J connectivity index is 1.26. The van der Waals surface area contributed by atoms with Gasteiger partial charge in [-0.05, 0) is 69.4 Å². The van der Waals surface area contributed by atoms with E-state index in [-0.39, 0.29) is 55.6 Å². The maximum Gasteiger partial charge on any atom is 0.287 e. The molecule has 4 saturated carbocycles. The minimum absolute atomic E-state index is 0.141. The number of aromatic nitrogens is 3. The summed E-state index contributed by atoms with van der Waals surface area (Å²) < 4.78 is 17.9. The number of hydrogen-bond donors (Lipinski definition) is 4. The molecule has 3 atom stereocenters. The Kier molecular flexibility index (Phi) is 8.71. The molecule has 2 heterocycles. The number of nitrogens with one attached hydrogen (secondary N) is 4. The van der Waals surface area contributed by atoms with Crippen molar-refractivity contribution in [2.45, 2.75) is 82.1 Å². The Morgan fingerprint density at radius 3 is 2.50 bits per heavy atom. The van der Waals surface area contributed by atoms with Crippen LogP contribution in [0.3, 0.4) is 0 Å². The predicted octanol–water partition coefficient (Wildman–Crippen LogP) is 0.981. The van der Waals surface area contributed by atoms with Gasteiger partial charge in [-0.2, -0.15) is 0 Å². The minimum atomic E-state index is -1.28. The van der Waals surface area contributed by atoms with Crippen LogP contribution in [0.5, 0.6) is 0 Å². The second kappa shape index (κ2) is 12.3. The maximum absolute atomic E-state index is 15.3. The Labute approximate surface area is 253 Å². The number of carbonyl (C=O) groups is 5. The van der Waals surface area contributed by atoms with Gasteiger partial charge in [0.05, 0.1) is 12.5 Å². The van der Waals surface area contributed by atoms with Crippen molar-refractivity contribution in [2.24, 2.45) is 18.9 Å². The number of halogens is 1. The highest BCUT2D eigenvalue weighted by atomic mass is 19.1. The topological polar surface area (TPSA) is 173 Å². The monoisotopic (exact) mass is 611 g/mol. The molecule has 4 N–H and O–H groups in total. The van der Waals surface area contributed by atoms with E-state index in [1.807, 2.05) is 0 Å². The molecule has 0 aliphatic heterocycles. The van der Waals surface area contributed by atoms with Gasteiger partial charge in [0, 0.05) is 38.2 Å². The van der Waals surface area contributed by atoms with Gasteiger partial charge in [0.1, 0.15) is 29.6 Å². The minimum Gasteiger partial charge on any atom is -0.350 e. The fraction of sp³-hybridized carbons (Fsp3) is 0.567. The second-order valence-corrected chi connectivity index (χ2v) is 12.5. The lowest BCUT2D eigenvalue weighted by Gasteiger charge is -2.59. The van der Waals surface area contributed by atoms with E-state index in [0.29, 0.717) is 12.8 Å². The van der Waals surface area contributed by atoms with E-state index in [4.69, 9.17) is 0 Å². The summed E-state index contributed by atoms with van der Waals surface area (Å²) in [6.07, 6.45) is 7.44. The van der Waals surface area contributed by atoms with Crippen molar-refractivity contribution >= 4 is 35.1 Å². The summed E-state index contributed by atoms with van der Waals surface area (Å²) in [6, 6.07) is 1.57. The average molecular weight is 612 g/mol. The Hall–Kier alpha value is -4.36. The maximum atomic E-state index is 15.3. The van der Waals surface area contributed by atoms with Crippen LogP contribution in [0.2, 0.25) is 0 Å². The second-order valence-electron chi connectivity index (χ2n) is 12.5. The molecule has 0 aromatic carbocycles. The van der Waals surface area contributed by atoms with Crippen LogP contribution in [0.4, 0.5) is 10.1 Å². The number of alkyl halides is 1. The molecule has 44 heavy (non-hydrogen) atoms. The van der Waals surface area contributed by atoms with Crippen LogP contribution in [0, 0.1) is 11.8 Å². The van der Waals surface area contributed by atoms with Gasteiger partial charge in [0.25, 0.3) is 17.4 Å². The first-order valence-corrected chi connectivity index (χ1v) is 15.0. The molecule has 2 aromatic heterocycles. The molecule has 14 heteroatoms. The molecule has 4 bridgehead atoms. The van der Waals surface area contributed by atoms with Crippen molar-refractivity contribution in [2.75, 3.05) is 11.9 Å². The van der Waals surface area contributed by atoms with Gasteiger partial charge in [-0.25, -0.2) is 9.37 Å². The van der Waals surface area contributed by atoms with Gasteiger partial charge in [-0.3, -0.25) is 28.8 Å². The highest BCUT2D eigenvalue weighted by Crippen LogP contribution is 2.59. The number of carbonyl (C=O) groups excluding carboxylic acids is 5. The number of rotatable bonds is 12. The predicted molar refractivity (Wildman–Crippen MR) is 156 cm³/mol. The van der Waals surface area contributed by atoms with E-state index in [1.165, 1.54) is 35.4 Å². The lowest BCUT2D eigenvalue weighted by atomic mass is 9.51. The zero-order valence-electron chi connectivity index (χ0n) is 24.9. The van der Waals surface area contributed by atoms with Gasteiger partial charge in [-0.1, -0.05) is 0 Å². The summed E-state index contributed by atoms with van der Waals surface area (Å²) in [5.41, 5.74) is -2.48. The van der Waals surface area contributed by atoms with E-state index in [0.717, 1.165) is 23.8 Å². The van der Waals surface area contributed by atoms with Crippen LogP contribution in [0.25, 0.3) is 0 Å². The summed E-state index contributed by atoms with van der Waals surface area (Å²) in [4.78, 5) is 80.6. The fourth-order valence-corrected chi connectivity index (χ4v) is 7.49. The van der Waals surface area contributed by atoms with Crippen LogP contribution in [0.15, 0.2) is 35.6 Å². The molecule has 2 unspecified atom stereocenters. The third-order valence-electron chi connectivity index (χ3n) is 8.91. The van der Waals surface area contributed by atoms with Crippen LogP contribution in [-0.2, 0) is 32.8 Å². The molecule has 4 aliphatic carbocycles. The molecule has 4 aliphatic rings. The normalized spacial score (nSPS) is 25.6. The first kappa shape index (κ1) is 31.1. The SMILES string of the molecule is CCNC(=O)C(=O)CC[C@H](NC(=O)c1cncn1C)C(=O)Nc1cccn(CC(=O)NC23CC4CC(CC(F)(C4)C2)C3)c1=O. The number of anilines is 1. The molecule has 4 amide bonds. The first-order chi connectivity index (χ1) is 20.9. The van der Waals surface area contributed by atoms with E-state index in [2.05, 4.69) is 26.3 Å². The largest absolute Gasteiger partial charge is 0.350 e. The van der Waals surface area contributed by atoms with Gasteiger partial charge < -0.3 is 30.4 Å². The molecule has 4 fully saturated rings. The number of amides is 4. The number of aryl methyl sites for hydroxylation is 1. The average Bonchev–Trinajstić information content (AvgIpc) is 3.37. The summed E-state index contributed by atoms with van der Waals surface area (Å²) >= 11 is 0. The van der Waals surface area contributed by atoms with Crippen LogP contribution < -0.4 is 26.8 Å². The lowest BCUT2D eigenvalue weighted by molar-refractivity contribution is -0.138. The van der Waals surface area contributed by atoms with Crippen molar-refractivity contribution in [1.29, 1.82) is 0 Å². The standard InChI is InChI=1S/C30H38FN7O6/c1-3-33-27(43)23(39)7-6-20(34-26(42)22-14-32-17-37(22)2)25(41)35-21-5-4-8-38(28(21)44)15-24(40)36-30-12-18-9-19(13-30)11-29(31,10-18)16-30/h4-5,8,14,17-20H,3,6-7,9-13,15-16H2,1-2H3,(H,33,43)(H,34,42)(H,35,41)(H,36,40)/t18?,19?,20-,29?,30?/m0/s1. The molecule has 0 saturated heterocycles. The molecule has 0 radical (unpaired) electrons. The van der Waals surface area contributed by atoms with E-state index in [1.54, 1.807) is 14.0 Å². The molecule has 13 nitrogen and oxygen atoms in total. The van der Waals surface area contributed by atoms with Crippen LogP contribution in [-0.4, -0.2) is 67.3 Å². The quantitative estimate of drug-likeness (QED) is 0.259. The number of nitrogens with zero attached hydrogens (tertiary/aromatic N) is 3. The van der Waals surface area contributed by atoms with Gasteiger partial charge in [0.15, 0.2) is 0 Å². The first-order valence-electron chi connectivity index (χ1n) is 15.0. The zero-order chi connectivity index (χ0) is 31.6. The number of imidazole rings is 1. The summed E-state index contributed by atoms with van der Waals surface area (Å²) in [7, 11) is 1.59. The zero-order valence-corrected chi connectivity index (χ0v) is 24.9. The van der Waals surface area contributed by atoms with Gasteiger partial charge >= 0.3 is 0 Å². The molecule has 6 rings (SSSR count). The number of hydrogen-bond acceptors (Lipinski definition) is 7. The number of pyridine rings is 1. The number of Topliss-reactive ketones (excluding diaryl/α,β-unsaturated/α-hetero) is 1. The Morgan fingerprint density at radius 2 is 1.86 bits per heavy atom. The molecule has 2 aromatic rings. The van der Waals surface area contributed by atoms with Crippen LogP contribution >= 0.6 is 0 Å². The summed E-state index contributed by atoms with van der Waals surface area (Å²) in [6.45, 7) is 1.59. The number of likely N-dealkylation sites (N-methyl/N-ethyl adjacent to an activating group) is 1. The highest BCUT2D eigenvalue weighted by Gasteiger charge is 2.58. The fourth-order valence-electron chi connectivity index (χ4n) is 7.49. The smallest absolute Gasteiger partial charge is 0.287 e. The molecule has 0 spiro atoms. The molecular weight excluding hydrogens is 573 g/mol. The van der Waals surface area contributed by atoms with Crippen molar-refractivity contribution in [3.05, 3.63) is 46.9 Å². The molecule has 236 valence electrons. The Morgan fingerprint density at radius 1 is 1.14 bits per heavy atom. The van der Waals surface area contributed by atoms with Crippen molar-refractivity contribution in [1.82, 2.24) is 30.1 Å².